The molecule has 0 aromatic heterocycles. The van der Waals surface area contributed by atoms with Crippen molar-refractivity contribution in [3.05, 3.63) is 47.5 Å². The van der Waals surface area contributed by atoms with Crippen molar-refractivity contribution >= 4 is 9.84 Å². The van der Waals surface area contributed by atoms with E-state index in [0.29, 0.717) is 9.79 Å². The van der Waals surface area contributed by atoms with Crippen LogP contribution in [0.5, 0.6) is 0 Å². The minimum atomic E-state index is -3.32. The quantitative estimate of drug-likeness (QED) is 0.609. The Hall–Kier alpha value is -1.61. The van der Waals surface area contributed by atoms with Crippen LogP contribution in [0.25, 0.3) is 11.1 Å². The molecule has 0 aliphatic carbocycles. The van der Waals surface area contributed by atoms with Crippen LogP contribution in [0.15, 0.2) is 46.2 Å². The van der Waals surface area contributed by atoms with Gasteiger partial charge in [0, 0.05) is 11.1 Å². The molecule has 3 heteroatoms. The van der Waals surface area contributed by atoms with E-state index in [1.54, 1.807) is 12.1 Å². The summed E-state index contributed by atoms with van der Waals surface area (Å²) in [6, 6.07) is 11.1. The molecule has 0 saturated carbocycles. The second-order valence-corrected chi connectivity index (χ2v) is 6.26. The number of hydrogen-bond donors (Lipinski definition) is 0. The standard InChI is InChI=1S/C14H12O2S/c1-9-7-8-10(2)14-13(9)11-5-3-4-6-12(11)17(14,15)16/h3-8H,1-2H3. The summed E-state index contributed by atoms with van der Waals surface area (Å²) in [6.07, 6.45) is 0. The molecule has 2 aromatic carbocycles. The molecule has 17 heavy (non-hydrogen) atoms. The summed E-state index contributed by atoms with van der Waals surface area (Å²) >= 11 is 0. The van der Waals surface area contributed by atoms with Crippen LogP contribution in [0.3, 0.4) is 0 Å². The first-order valence-corrected chi connectivity index (χ1v) is 6.96. The third-order valence-corrected chi connectivity index (χ3v) is 5.28. The van der Waals surface area contributed by atoms with Gasteiger partial charge in [-0.1, -0.05) is 30.3 Å². The Morgan fingerprint density at radius 2 is 1.53 bits per heavy atom. The second-order valence-electron chi connectivity index (χ2n) is 4.40. The molecule has 3 rings (SSSR count). The number of aryl methyl sites for hydroxylation is 2. The number of hydrogen-bond acceptors (Lipinski definition) is 2. The van der Waals surface area contributed by atoms with E-state index >= 15 is 0 Å². The molecule has 0 atom stereocenters. The zero-order valence-electron chi connectivity index (χ0n) is 9.69. The summed E-state index contributed by atoms with van der Waals surface area (Å²) < 4.78 is 24.9. The molecule has 1 heterocycles. The molecule has 2 nitrogen and oxygen atoms in total. The zero-order chi connectivity index (χ0) is 12.2. The van der Waals surface area contributed by atoms with Crippen LogP contribution in [-0.2, 0) is 9.84 Å². The normalized spacial score (nSPS) is 15.4. The fourth-order valence-corrected chi connectivity index (χ4v) is 4.45. The molecule has 0 N–H and O–H groups in total. The summed E-state index contributed by atoms with van der Waals surface area (Å²) in [6.45, 7) is 3.80. The van der Waals surface area contributed by atoms with Crippen LogP contribution in [0, 0.1) is 13.8 Å². The van der Waals surface area contributed by atoms with Gasteiger partial charge in [-0.3, -0.25) is 0 Å². The maximum atomic E-state index is 12.4. The van der Waals surface area contributed by atoms with Gasteiger partial charge < -0.3 is 0 Å². The summed E-state index contributed by atoms with van der Waals surface area (Å²) in [4.78, 5) is 0.922. The smallest absolute Gasteiger partial charge is 0.208 e. The van der Waals surface area contributed by atoms with Crippen molar-refractivity contribution in [2.75, 3.05) is 0 Å². The van der Waals surface area contributed by atoms with E-state index in [1.807, 2.05) is 38.1 Å². The highest BCUT2D eigenvalue weighted by Crippen LogP contribution is 2.45. The van der Waals surface area contributed by atoms with Crippen LogP contribution in [0.4, 0.5) is 0 Å². The summed E-state index contributed by atoms with van der Waals surface area (Å²) in [5.41, 5.74) is 3.55. The van der Waals surface area contributed by atoms with Crippen molar-refractivity contribution in [3.8, 4) is 11.1 Å². The fraction of sp³-hybridized carbons (Fsp3) is 0.143. The minimum absolute atomic E-state index is 0.437. The van der Waals surface area contributed by atoms with Gasteiger partial charge in [0.15, 0.2) is 0 Å². The Morgan fingerprint density at radius 3 is 2.29 bits per heavy atom. The van der Waals surface area contributed by atoms with E-state index in [4.69, 9.17) is 0 Å². The molecule has 0 bridgehead atoms. The average Bonchev–Trinajstić information content (AvgIpc) is 2.55. The summed E-state index contributed by atoms with van der Waals surface area (Å²) in [7, 11) is -3.32. The van der Waals surface area contributed by atoms with E-state index < -0.39 is 9.84 Å². The van der Waals surface area contributed by atoms with E-state index in [2.05, 4.69) is 0 Å². The Balaban J connectivity index is 2.58. The molecule has 1 aliphatic rings. The van der Waals surface area contributed by atoms with Crippen LogP contribution in [0.2, 0.25) is 0 Å². The van der Waals surface area contributed by atoms with Gasteiger partial charge in [0.05, 0.1) is 9.79 Å². The second kappa shape index (κ2) is 3.20. The van der Waals surface area contributed by atoms with Crippen molar-refractivity contribution in [2.24, 2.45) is 0 Å². The van der Waals surface area contributed by atoms with Crippen molar-refractivity contribution < 1.29 is 8.42 Å². The maximum Gasteiger partial charge on any atom is 0.208 e. The van der Waals surface area contributed by atoms with Crippen LogP contribution >= 0.6 is 0 Å². The molecule has 0 spiro atoms. The number of sulfone groups is 1. The predicted molar refractivity (Wildman–Crippen MR) is 66.8 cm³/mol. The van der Waals surface area contributed by atoms with Gasteiger partial charge in [-0.2, -0.15) is 0 Å². The highest BCUT2D eigenvalue weighted by atomic mass is 32.2. The van der Waals surface area contributed by atoms with E-state index in [-0.39, 0.29) is 0 Å². The number of fused-ring (bicyclic) bond motifs is 3. The first kappa shape index (κ1) is 10.5. The van der Waals surface area contributed by atoms with Crippen molar-refractivity contribution in [3.63, 3.8) is 0 Å². The first-order valence-electron chi connectivity index (χ1n) is 5.48. The fourth-order valence-electron chi connectivity index (χ4n) is 2.48. The molecule has 86 valence electrons. The van der Waals surface area contributed by atoms with Crippen LogP contribution in [0.1, 0.15) is 11.1 Å². The number of rotatable bonds is 0. The zero-order valence-corrected chi connectivity index (χ0v) is 10.5. The van der Waals surface area contributed by atoms with Gasteiger partial charge in [0.1, 0.15) is 0 Å². The highest BCUT2D eigenvalue weighted by molar-refractivity contribution is 7.92. The van der Waals surface area contributed by atoms with Gasteiger partial charge >= 0.3 is 0 Å². The summed E-state index contributed by atoms with van der Waals surface area (Å²) in [5.74, 6) is 0. The lowest BCUT2D eigenvalue weighted by atomic mass is 9.99. The predicted octanol–water partition coefficient (Wildman–Crippen LogP) is 3.12. The third kappa shape index (κ3) is 1.23. The van der Waals surface area contributed by atoms with Gasteiger partial charge in [-0.05, 0) is 31.0 Å². The molecule has 0 fully saturated rings. The SMILES string of the molecule is Cc1ccc(C)c2c1-c1ccccc1S2(=O)=O. The Labute approximate surface area is 101 Å². The molecule has 0 amide bonds. The van der Waals surface area contributed by atoms with Crippen molar-refractivity contribution in [2.45, 2.75) is 23.6 Å². The molecule has 0 unspecified atom stereocenters. The van der Waals surface area contributed by atoms with Crippen LogP contribution < -0.4 is 0 Å². The van der Waals surface area contributed by atoms with E-state index in [9.17, 15) is 8.42 Å². The van der Waals surface area contributed by atoms with Crippen molar-refractivity contribution in [1.82, 2.24) is 0 Å². The van der Waals surface area contributed by atoms with E-state index in [0.717, 1.165) is 22.3 Å². The van der Waals surface area contributed by atoms with Crippen molar-refractivity contribution in [1.29, 1.82) is 0 Å². The lowest BCUT2D eigenvalue weighted by Crippen LogP contribution is -1.99. The number of benzene rings is 2. The largest absolute Gasteiger partial charge is 0.218 e. The maximum absolute atomic E-state index is 12.4. The molecule has 0 saturated heterocycles. The first-order chi connectivity index (χ1) is 8.03. The average molecular weight is 244 g/mol. The molecule has 0 radical (unpaired) electrons. The lowest BCUT2D eigenvalue weighted by molar-refractivity contribution is 0.598. The topological polar surface area (TPSA) is 34.1 Å². The monoisotopic (exact) mass is 244 g/mol. The Morgan fingerprint density at radius 1 is 0.882 bits per heavy atom. The third-order valence-electron chi connectivity index (χ3n) is 3.28. The molecular weight excluding hydrogens is 232 g/mol. The summed E-state index contributed by atoms with van der Waals surface area (Å²) in [5, 5.41) is 0. The van der Waals surface area contributed by atoms with E-state index in [1.165, 1.54) is 0 Å². The lowest BCUT2D eigenvalue weighted by Gasteiger charge is -2.06. The molecule has 1 aliphatic heterocycles. The Kier molecular flexibility index (Phi) is 1.98. The van der Waals surface area contributed by atoms with Gasteiger partial charge in [-0.25, -0.2) is 8.42 Å². The Bertz CT molecular complexity index is 728. The van der Waals surface area contributed by atoms with Gasteiger partial charge in [0.25, 0.3) is 0 Å². The van der Waals surface area contributed by atoms with Gasteiger partial charge in [0.2, 0.25) is 9.84 Å². The highest BCUT2D eigenvalue weighted by Gasteiger charge is 2.34. The van der Waals surface area contributed by atoms with Crippen LogP contribution in [-0.4, -0.2) is 8.42 Å². The minimum Gasteiger partial charge on any atom is -0.218 e. The molecular formula is C14H12O2S. The van der Waals surface area contributed by atoms with Gasteiger partial charge in [-0.15, -0.1) is 0 Å². The molecule has 2 aromatic rings.